The summed E-state index contributed by atoms with van der Waals surface area (Å²) < 4.78 is 28.3. The van der Waals surface area contributed by atoms with Gasteiger partial charge < -0.3 is 4.98 Å². The van der Waals surface area contributed by atoms with Crippen molar-refractivity contribution >= 4 is 22.4 Å². The molecule has 142 valence electrons. The minimum absolute atomic E-state index is 0.0955. The van der Waals surface area contributed by atoms with Crippen LogP contribution in [-0.4, -0.2) is 24.9 Å². The molecule has 0 aliphatic heterocycles. The number of nitrogens with zero attached hydrogens (tertiary/aromatic N) is 4. The van der Waals surface area contributed by atoms with Gasteiger partial charge in [-0.1, -0.05) is 6.07 Å². The molecule has 5 aromatic rings. The van der Waals surface area contributed by atoms with Crippen LogP contribution < -0.4 is 0 Å². The molecule has 0 saturated carbocycles. The Morgan fingerprint density at radius 1 is 1.00 bits per heavy atom. The molecule has 5 rings (SSSR count). The molecule has 0 atom stereocenters. The van der Waals surface area contributed by atoms with Crippen LogP contribution in [0.5, 0.6) is 0 Å². The fourth-order valence-electron chi connectivity index (χ4n) is 3.22. The normalized spacial score (nSPS) is 11.3. The maximum Gasteiger partial charge on any atom is 0.144 e. The second kappa shape index (κ2) is 6.82. The Labute approximate surface area is 168 Å². The highest BCUT2D eigenvalue weighted by Crippen LogP contribution is 2.34. The minimum Gasteiger partial charge on any atom is -0.339 e. The van der Waals surface area contributed by atoms with E-state index in [4.69, 9.17) is 4.98 Å². The lowest BCUT2D eigenvalue weighted by Crippen LogP contribution is -1.89. The second-order valence-corrected chi connectivity index (χ2v) is 7.66. The van der Waals surface area contributed by atoms with Gasteiger partial charge in [0.05, 0.1) is 23.1 Å². The Hall–Kier alpha value is -3.52. The number of hydrogen-bond acceptors (Lipinski definition) is 5. The van der Waals surface area contributed by atoms with Crippen LogP contribution in [0.1, 0.15) is 4.88 Å². The summed E-state index contributed by atoms with van der Waals surface area (Å²) in [6, 6.07) is 7.40. The standard InChI is InChI=1S/C21H13F2N5S/c1-11-19(28-21(29-11)17-10-24-5-6-25-17)13-7-12-8-16(27-20(12)26-9-13)18-14(22)3-2-4-15(18)23/h2-10H,1H3,(H,26,27). The van der Waals surface area contributed by atoms with E-state index in [-0.39, 0.29) is 5.56 Å². The summed E-state index contributed by atoms with van der Waals surface area (Å²) in [5, 5.41) is 1.52. The Kier molecular flexibility index (Phi) is 4.13. The predicted molar refractivity (Wildman–Crippen MR) is 108 cm³/mol. The van der Waals surface area contributed by atoms with Crippen LogP contribution in [0, 0.1) is 18.6 Å². The van der Waals surface area contributed by atoms with E-state index >= 15 is 0 Å². The van der Waals surface area contributed by atoms with Crippen molar-refractivity contribution < 1.29 is 8.78 Å². The van der Waals surface area contributed by atoms with Crippen molar-refractivity contribution in [2.45, 2.75) is 6.92 Å². The first kappa shape index (κ1) is 17.6. The van der Waals surface area contributed by atoms with Gasteiger partial charge in [0, 0.05) is 34.4 Å². The molecule has 1 aromatic carbocycles. The predicted octanol–water partition coefficient (Wildman–Crippen LogP) is 5.40. The average Bonchev–Trinajstić information content (AvgIpc) is 3.31. The Balaban J connectivity index is 1.59. The zero-order valence-electron chi connectivity index (χ0n) is 15.1. The maximum absolute atomic E-state index is 14.1. The lowest BCUT2D eigenvalue weighted by molar-refractivity contribution is 0.589. The number of halogens is 2. The molecule has 5 nitrogen and oxygen atoms in total. The lowest BCUT2D eigenvalue weighted by atomic mass is 10.1. The van der Waals surface area contributed by atoms with Crippen LogP contribution in [0.15, 0.2) is 55.1 Å². The highest BCUT2D eigenvalue weighted by molar-refractivity contribution is 7.15. The van der Waals surface area contributed by atoms with Gasteiger partial charge in [-0.25, -0.2) is 18.7 Å². The number of benzene rings is 1. The highest BCUT2D eigenvalue weighted by Gasteiger charge is 2.16. The van der Waals surface area contributed by atoms with Crippen molar-refractivity contribution in [2.24, 2.45) is 0 Å². The Morgan fingerprint density at radius 3 is 2.59 bits per heavy atom. The number of rotatable bonds is 3. The maximum atomic E-state index is 14.1. The monoisotopic (exact) mass is 405 g/mol. The average molecular weight is 405 g/mol. The summed E-state index contributed by atoms with van der Waals surface area (Å²) >= 11 is 1.53. The van der Waals surface area contributed by atoms with Crippen molar-refractivity contribution in [1.29, 1.82) is 0 Å². The summed E-state index contributed by atoms with van der Waals surface area (Å²) in [4.78, 5) is 21.5. The van der Waals surface area contributed by atoms with Gasteiger partial charge in [0.2, 0.25) is 0 Å². The van der Waals surface area contributed by atoms with E-state index in [1.165, 1.54) is 29.5 Å². The van der Waals surface area contributed by atoms with Crippen LogP contribution in [0.2, 0.25) is 0 Å². The van der Waals surface area contributed by atoms with E-state index in [0.717, 1.165) is 26.5 Å². The first-order chi connectivity index (χ1) is 14.1. The molecule has 8 heteroatoms. The fourth-order valence-corrected chi connectivity index (χ4v) is 4.12. The van der Waals surface area contributed by atoms with Crippen molar-refractivity contribution in [1.82, 2.24) is 24.9 Å². The third-order valence-electron chi connectivity index (χ3n) is 4.55. The first-order valence-corrected chi connectivity index (χ1v) is 9.59. The van der Waals surface area contributed by atoms with Crippen LogP contribution in [0.3, 0.4) is 0 Å². The molecule has 0 aliphatic rings. The molecule has 0 saturated heterocycles. The Bertz CT molecular complexity index is 1320. The van der Waals surface area contributed by atoms with Gasteiger partial charge in [0.1, 0.15) is 28.0 Å². The number of thiazole rings is 1. The number of aromatic nitrogens is 5. The first-order valence-electron chi connectivity index (χ1n) is 8.77. The molecule has 1 N–H and O–H groups in total. The van der Waals surface area contributed by atoms with Gasteiger partial charge in [-0.3, -0.25) is 9.97 Å². The number of aromatic amines is 1. The van der Waals surface area contributed by atoms with E-state index in [2.05, 4.69) is 19.9 Å². The topological polar surface area (TPSA) is 67.3 Å². The van der Waals surface area contributed by atoms with Crippen molar-refractivity contribution in [3.05, 3.63) is 71.6 Å². The Morgan fingerprint density at radius 2 is 1.83 bits per heavy atom. The van der Waals surface area contributed by atoms with Gasteiger partial charge >= 0.3 is 0 Å². The van der Waals surface area contributed by atoms with Crippen molar-refractivity contribution in [2.75, 3.05) is 0 Å². The van der Waals surface area contributed by atoms with Crippen molar-refractivity contribution in [3.8, 4) is 33.2 Å². The smallest absolute Gasteiger partial charge is 0.144 e. The molecule has 0 amide bonds. The van der Waals surface area contributed by atoms with E-state index < -0.39 is 11.6 Å². The fraction of sp³-hybridized carbons (Fsp3) is 0.0476. The molecule has 0 radical (unpaired) electrons. The van der Waals surface area contributed by atoms with Crippen LogP contribution >= 0.6 is 11.3 Å². The number of nitrogens with one attached hydrogen (secondary N) is 1. The molecule has 0 bridgehead atoms. The summed E-state index contributed by atoms with van der Waals surface area (Å²) in [6.45, 7) is 1.98. The van der Waals surface area contributed by atoms with Gasteiger partial charge in [0.15, 0.2) is 0 Å². The second-order valence-electron chi connectivity index (χ2n) is 6.46. The molecule has 4 aromatic heterocycles. The van der Waals surface area contributed by atoms with E-state index in [1.54, 1.807) is 30.9 Å². The van der Waals surface area contributed by atoms with Gasteiger partial charge in [0.25, 0.3) is 0 Å². The molecule has 0 aliphatic carbocycles. The van der Waals surface area contributed by atoms with Crippen LogP contribution in [0.4, 0.5) is 8.78 Å². The molecular formula is C21H13F2N5S. The summed E-state index contributed by atoms with van der Waals surface area (Å²) in [5.41, 5.74) is 3.12. The summed E-state index contributed by atoms with van der Waals surface area (Å²) in [5.74, 6) is -1.25. The molecule has 0 fully saturated rings. The molecule has 29 heavy (non-hydrogen) atoms. The number of hydrogen-bond donors (Lipinski definition) is 1. The minimum atomic E-state index is -0.624. The molecular weight excluding hydrogens is 392 g/mol. The SMILES string of the molecule is Cc1sc(-c2cnccn2)nc1-c1cnc2[nH]c(-c3c(F)cccc3F)cc2c1. The summed E-state index contributed by atoms with van der Waals surface area (Å²) in [6.07, 6.45) is 6.61. The van der Waals surface area contributed by atoms with Crippen LogP contribution in [-0.2, 0) is 0 Å². The number of pyridine rings is 1. The van der Waals surface area contributed by atoms with E-state index in [0.29, 0.717) is 17.0 Å². The van der Waals surface area contributed by atoms with E-state index in [1.807, 2.05) is 13.0 Å². The number of H-pyrrole nitrogens is 1. The van der Waals surface area contributed by atoms with Crippen LogP contribution in [0.25, 0.3) is 44.2 Å². The molecule has 4 heterocycles. The largest absolute Gasteiger partial charge is 0.339 e. The third kappa shape index (κ3) is 3.07. The summed E-state index contributed by atoms with van der Waals surface area (Å²) in [7, 11) is 0. The third-order valence-corrected chi connectivity index (χ3v) is 5.55. The van der Waals surface area contributed by atoms with E-state index in [9.17, 15) is 8.78 Å². The van der Waals surface area contributed by atoms with Gasteiger partial charge in [-0.15, -0.1) is 11.3 Å². The molecule has 0 unspecified atom stereocenters. The number of fused-ring (bicyclic) bond motifs is 1. The lowest BCUT2D eigenvalue weighted by Gasteiger charge is -2.01. The van der Waals surface area contributed by atoms with Gasteiger partial charge in [-0.05, 0) is 31.2 Å². The zero-order valence-corrected chi connectivity index (χ0v) is 16.0. The highest BCUT2D eigenvalue weighted by atomic mass is 32.1. The van der Waals surface area contributed by atoms with Gasteiger partial charge in [-0.2, -0.15) is 0 Å². The quantitative estimate of drug-likeness (QED) is 0.437. The number of aryl methyl sites for hydroxylation is 1. The zero-order chi connectivity index (χ0) is 20.0. The van der Waals surface area contributed by atoms with Crippen molar-refractivity contribution in [3.63, 3.8) is 0 Å². The molecule has 0 spiro atoms.